The number of nitrogens with one attached hydrogen (secondary N) is 1. The molecular formula is C17H20N2O5. The number of benzene rings is 1. The highest BCUT2D eigenvalue weighted by molar-refractivity contribution is 5.92. The van der Waals surface area contributed by atoms with Crippen LogP contribution in [0.15, 0.2) is 18.2 Å². The number of hydrogen-bond donors (Lipinski definition) is 1. The van der Waals surface area contributed by atoms with Gasteiger partial charge >= 0.3 is 0 Å². The van der Waals surface area contributed by atoms with E-state index in [2.05, 4.69) is 5.32 Å². The molecule has 0 aromatic heterocycles. The summed E-state index contributed by atoms with van der Waals surface area (Å²) < 4.78 is 15.8. The van der Waals surface area contributed by atoms with Crippen LogP contribution in [0.25, 0.3) is 0 Å². The standard InChI is InChI=1S/C17H20N2O5/c20-16(12-8-13(12)17(21)19-3-5-22-6-4-19)18-9-11-1-2-14-15(7-11)24-10-23-14/h1-2,7,12-13H,3-6,8-10H2,(H,18,20). The summed E-state index contributed by atoms with van der Waals surface area (Å²) in [6, 6.07) is 5.61. The molecule has 7 nitrogen and oxygen atoms in total. The molecule has 3 aliphatic rings. The molecule has 2 aliphatic heterocycles. The molecule has 7 heteroatoms. The van der Waals surface area contributed by atoms with Crippen LogP contribution in [0.1, 0.15) is 12.0 Å². The molecule has 2 unspecified atom stereocenters. The molecule has 1 aliphatic carbocycles. The second-order valence-corrected chi connectivity index (χ2v) is 6.29. The van der Waals surface area contributed by atoms with Gasteiger partial charge in [0.2, 0.25) is 18.6 Å². The number of hydrogen-bond acceptors (Lipinski definition) is 5. The molecule has 1 saturated carbocycles. The smallest absolute Gasteiger partial charge is 0.231 e. The Labute approximate surface area is 139 Å². The first kappa shape index (κ1) is 15.3. The van der Waals surface area contributed by atoms with Crippen molar-refractivity contribution in [1.82, 2.24) is 10.2 Å². The monoisotopic (exact) mass is 332 g/mol. The molecule has 1 saturated heterocycles. The number of fused-ring (bicyclic) bond motifs is 1. The lowest BCUT2D eigenvalue weighted by Gasteiger charge is -2.27. The second kappa shape index (κ2) is 6.32. The normalized spacial score (nSPS) is 24.6. The fourth-order valence-corrected chi connectivity index (χ4v) is 3.15. The van der Waals surface area contributed by atoms with E-state index >= 15 is 0 Å². The zero-order valence-electron chi connectivity index (χ0n) is 13.3. The molecule has 2 amide bonds. The summed E-state index contributed by atoms with van der Waals surface area (Å²) in [5.74, 6) is 1.09. The minimum absolute atomic E-state index is 0.0562. The van der Waals surface area contributed by atoms with Crippen LogP contribution in [0, 0.1) is 11.8 Å². The van der Waals surface area contributed by atoms with E-state index in [0.717, 1.165) is 11.3 Å². The number of nitrogens with zero attached hydrogens (tertiary/aromatic N) is 1. The maximum Gasteiger partial charge on any atom is 0.231 e. The van der Waals surface area contributed by atoms with Gasteiger partial charge in [0, 0.05) is 19.6 Å². The quantitative estimate of drug-likeness (QED) is 0.870. The van der Waals surface area contributed by atoms with E-state index in [-0.39, 0.29) is 30.4 Å². The summed E-state index contributed by atoms with van der Waals surface area (Å²) in [6.45, 7) is 3.07. The van der Waals surface area contributed by atoms with Crippen LogP contribution in [0.2, 0.25) is 0 Å². The number of carbonyl (C=O) groups is 2. The van der Waals surface area contributed by atoms with Crippen molar-refractivity contribution in [3.8, 4) is 11.5 Å². The van der Waals surface area contributed by atoms with Gasteiger partial charge in [0.05, 0.1) is 25.0 Å². The van der Waals surface area contributed by atoms with Crippen LogP contribution >= 0.6 is 0 Å². The third kappa shape index (κ3) is 3.03. The number of morpholine rings is 1. The van der Waals surface area contributed by atoms with E-state index in [4.69, 9.17) is 14.2 Å². The Morgan fingerprint density at radius 1 is 1.12 bits per heavy atom. The average Bonchev–Trinajstić information content (AvgIpc) is 3.29. The van der Waals surface area contributed by atoms with Gasteiger partial charge in [-0.3, -0.25) is 9.59 Å². The van der Waals surface area contributed by atoms with Gasteiger partial charge in [0.15, 0.2) is 11.5 Å². The fraction of sp³-hybridized carbons (Fsp3) is 0.529. The highest BCUT2D eigenvalue weighted by Gasteiger charge is 2.49. The molecular weight excluding hydrogens is 312 g/mol. The molecule has 2 atom stereocenters. The van der Waals surface area contributed by atoms with Gasteiger partial charge < -0.3 is 24.4 Å². The number of amides is 2. The van der Waals surface area contributed by atoms with E-state index in [0.29, 0.717) is 45.0 Å². The summed E-state index contributed by atoms with van der Waals surface area (Å²) >= 11 is 0. The lowest BCUT2D eigenvalue weighted by atomic mass is 10.2. The van der Waals surface area contributed by atoms with Crippen molar-refractivity contribution in [3.63, 3.8) is 0 Å². The Kier molecular flexibility index (Phi) is 4.02. The number of carbonyl (C=O) groups excluding carboxylic acids is 2. The number of rotatable bonds is 4. The predicted octanol–water partition coefficient (Wildman–Crippen LogP) is 0.526. The summed E-state index contributed by atoms with van der Waals surface area (Å²) in [6.07, 6.45) is 0.642. The zero-order valence-corrected chi connectivity index (χ0v) is 13.3. The van der Waals surface area contributed by atoms with Crippen molar-refractivity contribution < 1.29 is 23.8 Å². The summed E-state index contributed by atoms with van der Waals surface area (Å²) in [5, 5.41) is 2.91. The third-order valence-corrected chi connectivity index (χ3v) is 4.67. The lowest BCUT2D eigenvalue weighted by molar-refractivity contribution is -0.138. The van der Waals surface area contributed by atoms with Crippen LogP contribution in [-0.4, -0.2) is 49.8 Å². The highest BCUT2D eigenvalue weighted by atomic mass is 16.7. The maximum atomic E-state index is 12.3. The second-order valence-electron chi connectivity index (χ2n) is 6.29. The highest BCUT2D eigenvalue weighted by Crippen LogP contribution is 2.40. The molecule has 1 N–H and O–H groups in total. The molecule has 1 aromatic rings. The molecule has 1 aromatic carbocycles. The zero-order chi connectivity index (χ0) is 16.5. The van der Waals surface area contributed by atoms with Gasteiger partial charge in [0.25, 0.3) is 0 Å². The Hall–Kier alpha value is -2.28. The van der Waals surface area contributed by atoms with Crippen molar-refractivity contribution in [1.29, 1.82) is 0 Å². The maximum absolute atomic E-state index is 12.3. The van der Waals surface area contributed by atoms with E-state index in [9.17, 15) is 9.59 Å². The topological polar surface area (TPSA) is 77.1 Å². The van der Waals surface area contributed by atoms with Crippen molar-refractivity contribution in [3.05, 3.63) is 23.8 Å². The minimum atomic E-state index is -0.200. The minimum Gasteiger partial charge on any atom is -0.454 e. The van der Waals surface area contributed by atoms with Crippen LogP contribution < -0.4 is 14.8 Å². The Morgan fingerprint density at radius 2 is 1.92 bits per heavy atom. The Bertz CT molecular complexity index is 656. The first-order chi connectivity index (χ1) is 11.7. The molecule has 4 rings (SSSR count). The third-order valence-electron chi connectivity index (χ3n) is 4.67. The summed E-state index contributed by atoms with van der Waals surface area (Å²) in [4.78, 5) is 26.4. The predicted molar refractivity (Wildman–Crippen MR) is 83.4 cm³/mol. The van der Waals surface area contributed by atoms with Crippen molar-refractivity contribution in [2.24, 2.45) is 11.8 Å². The van der Waals surface area contributed by atoms with Gasteiger partial charge in [-0.15, -0.1) is 0 Å². The van der Waals surface area contributed by atoms with Gasteiger partial charge in [-0.25, -0.2) is 0 Å². The van der Waals surface area contributed by atoms with Crippen molar-refractivity contribution in [2.45, 2.75) is 13.0 Å². The first-order valence-corrected chi connectivity index (χ1v) is 8.25. The summed E-state index contributed by atoms with van der Waals surface area (Å²) in [7, 11) is 0. The number of ether oxygens (including phenoxy) is 3. The van der Waals surface area contributed by atoms with Crippen LogP contribution in [0.5, 0.6) is 11.5 Å². The summed E-state index contributed by atoms with van der Waals surface area (Å²) in [5.41, 5.74) is 0.948. The van der Waals surface area contributed by atoms with Crippen LogP contribution in [0.4, 0.5) is 0 Å². The molecule has 2 fully saturated rings. The van der Waals surface area contributed by atoms with E-state index in [1.54, 1.807) is 4.90 Å². The van der Waals surface area contributed by atoms with Crippen LogP contribution in [-0.2, 0) is 20.9 Å². The fourth-order valence-electron chi connectivity index (χ4n) is 3.15. The molecule has 128 valence electrons. The van der Waals surface area contributed by atoms with Crippen LogP contribution in [0.3, 0.4) is 0 Å². The average molecular weight is 332 g/mol. The molecule has 2 heterocycles. The van der Waals surface area contributed by atoms with Gasteiger partial charge in [-0.05, 0) is 24.1 Å². The van der Waals surface area contributed by atoms with Crippen molar-refractivity contribution >= 4 is 11.8 Å². The van der Waals surface area contributed by atoms with Crippen molar-refractivity contribution in [2.75, 3.05) is 33.1 Å². The largest absolute Gasteiger partial charge is 0.454 e. The molecule has 0 bridgehead atoms. The van der Waals surface area contributed by atoms with Gasteiger partial charge in [-0.1, -0.05) is 6.07 Å². The first-order valence-electron chi connectivity index (χ1n) is 8.25. The van der Waals surface area contributed by atoms with E-state index in [1.165, 1.54) is 0 Å². The molecule has 24 heavy (non-hydrogen) atoms. The lowest BCUT2D eigenvalue weighted by Crippen LogP contribution is -2.42. The van der Waals surface area contributed by atoms with E-state index in [1.807, 2.05) is 18.2 Å². The Morgan fingerprint density at radius 3 is 2.75 bits per heavy atom. The van der Waals surface area contributed by atoms with Gasteiger partial charge in [-0.2, -0.15) is 0 Å². The molecule has 0 radical (unpaired) electrons. The molecule has 0 spiro atoms. The SMILES string of the molecule is O=C(NCc1ccc2c(c1)OCO2)C1CC1C(=O)N1CCOCC1. The van der Waals surface area contributed by atoms with E-state index < -0.39 is 0 Å². The van der Waals surface area contributed by atoms with Gasteiger partial charge in [0.1, 0.15) is 0 Å². The Balaban J connectivity index is 1.27.